The summed E-state index contributed by atoms with van der Waals surface area (Å²) in [7, 11) is 3.21. The monoisotopic (exact) mass is 771 g/mol. The fraction of sp³-hybridized carbons (Fsp3) is 0.359. The molecule has 3 N–H and O–H groups in total. The highest BCUT2D eigenvalue weighted by Crippen LogP contribution is 2.48. The Morgan fingerprint density at radius 3 is 2.37 bits per heavy atom. The summed E-state index contributed by atoms with van der Waals surface area (Å²) in [5, 5.41) is 28.1. The molecule has 2 aliphatic heterocycles. The van der Waals surface area contributed by atoms with E-state index in [0.717, 1.165) is 31.5 Å². The first kappa shape index (κ1) is 36.0. The third kappa shape index (κ3) is 6.59. The van der Waals surface area contributed by atoms with Gasteiger partial charge < -0.3 is 25.2 Å². The van der Waals surface area contributed by atoms with Crippen molar-refractivity contribution in [2.75, 3.05) is 26.7 Å². The first-order valence-electron chi connectivity index (χ1n) is 17.8. The normalized spacial score (nSPS) is 18.1. The number of carbonyl (C=O) groups is 2. The number of methoxy groups -OCH3 is 1. The van der Waals surface area contributed by atoms with Crippen molar-refractivity contribution in [1.29, 1.82) is 0 Å². The molecule has 3 fully saturated rings. The Morgan fingerprint density at radius 1 is 1.04 bits per heavy atom. The van der Waals surface area contributed by atoms with Gasteiger partial charge in [0.2, 0.25) is 11.8 Å². The van der Waals surface area contributed by atoms with Gasteiger partial charge in [0, 0.05) is 84.1 Å². The highest BCUT2D eigenvalue weighted by molar-refractivity contribution is 6.39. The van der Waals surface area contributed by atoms with Crippen molar-refractivity contribution in [3.05, 3.63) is 92.6 Å². The predicted octanol–water partition coefficient (Wildman–Crippen LogP) is 5.46. The second kappa shape index (κ2) is 14.0. The fourth-order valence-corrected chi connectivity index (χ4v) is 8.85. The number of carbonyl (C=O) groups excluding carboxylic acids is 1. The summed E-state index contributed by atoms with van der Waals surface area (Å²) in [6.45, 7) is 2.51. The lowest BCUT2D eigenvalue weighted by Gasteiger charge is -2.57. The zero-order valence-electron chi connectivity index (χ0n) is 29.8. The van der Waals surface area contributed by atoms with E-state index in [1.807, 2.05) is 42.6 Å². The van der Waals surface area contributed by atoms with Gasteiger partial charge in [-0.2, -0.15) is 5.10 Å². The predicted molar refractivity (Wildman–Crippen MR) is 204 cm³/mol. The molecule has 13 nitrogen and oxygen atoms in total. The van der Waals surface area contributed by atoms with Gasteiger partial charge in [-0.3, -0.25) is 19.1 Å². The number of benzene rings is 2. The summed E-state index contributed by atoms with van der Waals surface area (Å²) >= 11 is 14.2. The number of likely N-dealkylation sites (tertiary alicyclic amines) is 1. The number of rotatable bonds is 10. The second-order valence-electron chi connectivity index (χ2n) is 14.7. The van der Waals surface area contributed by atoms with E-state index in [1.165, 1.54) is 12.0 Å². The first-order chi connectivity index (χ1) is 25.9. The third-order valence-electron chi connectivity index (χ3n) is 10.9. The van der Waals surface area contributed by atoms with Gasteiger partial charge in [0.1, 0.15) is 11.3 Å². The number of carboxylic acid groups (broad SMARTS) is 1. The number of hydrogen-bond acceptors (Lipinski definition) is 8. The summed E-state index contributed by atoms with van der Waals surface area (Å²) in [6.07, 6.45) is 3.14. The van der Waals surface area contributed by atoms with Crippen LogP contribution < -0.4 is 15.6 Å². The van der Waals surface area contributed by atoms with Crippen LogP contribution in [0.3, 0.4) is 0 Å². The minimum Gasteiger partial charge on any atom is -0.481 e. The van der Waals surface area contributed by atoms with Crippen LogP contribution in [0.2, 0.25) is 10.0 Å². The van der Waals surface area contributed by atoms with Crippen molar-refractivity contribution >= 4 is 40.7 Å². The van der Waals surface area contributed by atoms with Crippen LogP contribution in [0, 0.1) is 5.41 Å². The summed E-state index contributed by atoms with van der Waals surface area (Å²) in [4.78, 5) is 45.4. The highest BCUT2D eigenvalue weighted by Gasteiger charge is 2.51. The molecule has 3 aliphatic rings. The second-order valence-corrected chi connectivity index (χ2v) is 15.5. The van der Waals surface area contributed by atoms with Gasteiger partial charge in [0.15, 0.2) is 0 Å². The molecule has 8 rings (SSSR count). The highest BCUT2D eigenvalue weighted by atomic mass is 35.5. The maximum atomic E-state index is 13.5. The molecule has 5 aromatic rings. The molecule has 0 radical (unpaired) electrons. The molecule has 15 heteroatoms. The molecule has 2 saturated heterocycles. The molecule has 1 aliphatic carbocycles. The number of fused-ring (bicyclic) bond motifs is 1. The lowest BCUT2D eigenvalue weighted by Crippen LogP contribution is -2.63. The Balaban J connectivity index is 1.06. The smallest absolute Gasteiger partial charge is 0.407 e. The number of pyridine rings is 1. The molecule has 1 saturated carbocycles. The molecule has 1 atom stereocenters. The Bertz CT molecular complexity index is 2360. The molecule has 1 spiro atoms. The van der Waals surface area contributed by atoms with Crippen molar-refractivity contribution < 1.29 is 24.5 Å². The van der Waals surface area contributed by atoms with Crippen molar-refractivity contribution in [1.82, 2.24) is 34.3 Å². The van der Waals surface area contributed by atoms with Gasteiger partial charge in [-0.05, 0) is 37.5 Å². The van der Waals surface area contributed by atoms with Crippen molar-refractivity contribution in [3.8, 4) is 39.4 Å². The average Bonchev–Trinajstić information content (AvgIpc) is 3.74. The number of ether oxygens (including phenoxy) is 1. The molecule has 0 unspecified atom stereocenters. The summed E-state index contributed by atoms with van der Waals surface area (Å²) in [5.41, 5.74) is 5.00. The first-order valence-corrected chi connectivity index (χ1v) is 18.6. The van der Waals surface area contributed by atoms with Gasteiger partial charge >= 0.3 is 6.09 Å². The summed E-state index contributed by atoms with van der Waals surface area (Å²) < 4.78 is 8.82. The molecule has 2 aromatic carbocycles. The SMILES string of the molecule is COc1nc(-c2cccc(-c3cccc(-c4cc5c(=O)n(C)c(CN6CC7(CC(O)C7)C6)nn5c4)c3Cl)c2Cl)ccc1CN(C[C@@H]1CCC(=O)N1)C(=O)O. The van der Waals surface area contributed by atoms with E-state index in [9.17, 15) is 24.6 Å². The van der Waals surface area contributed by atoms with Crippen LogP contribution in [0.25, 0.3) is 39.0 Å². The van der Waals surface area contributed by atoms with Crippen LogP contribution in [-0.4, -0.2) is 90.1 Å². The minimum absolute atomic E-state index is 0.0249. The fourth-order valence-electron chi connectivity index (χ4n) is 8.19. The van der Waals surface area contributed by atoms with E-state index in [1.54, 1.807) is 34.3 Å². The summed E-state index contributed by atoms with van der Waals surface area (Å²) in [5.74, 6) is 0.830. The topological polar surface area (TPSA) is 155 Å². The minimum atomic E-state index is -1.11. The maximum absolute atomic E-state index is 13.5. The Kier molecular flexibility index (Phi) is 9.37. The van der Waals surface area contributed by atoms with Gasteiger partial charge in [0.05, 0.1) is 42.0 Å². The Labute approximate surface area is 320 Å². The number of halogens is 2. The summed E-state index contributed by atoms with van der Waals surface area (Å²) in [6, 6.07) is 16.3. The molecular formula is C39H39Cl2N7O6. The quantitative estimate of drug-likeness (QED) is 0.168. The van der Waals surface area contributed by atoms with Crippen LogP contribution >= 0.6 is 23.2 Å². The van der Waals surface area contributed by atoms with Gasteiger partial charge in [-0.25, -0.2) is 14.3 Å². The van der Waals surface area contributed by atoms with E-state index in [4.69, 9.17) is 38.0 Å². The van der Waals surface area contributed by atoms with Crippen molar-refractivity contribution in [2.45, 2.75) is 50.9 Å². The number of aliphatic hydroxyl groups excluding tert-OH is 1. The Hall–Kier alpha value is -4.95. The largest absolute Gasteiger partial charge is 0.481 e. The number of amides is 2. The lowest BCUT2D eigenvalue weighted by atomic mass is 9.62. The van der Waals surface area contributed by atoms with Crippen LogP contribution in [0.4, 0.5) is 4.79 Å². The number of nitrogens with zero attached hydrogens (tertiary/aromatic N) is 6. The van der Waals surface area contributed by atoms with E-state index < -0.39 is 6.09 Å². The van der Waals surface area contributed by atoms with Crippen LogP contribution in [0.5, 0.6) is 5.88 Å². The molecule has 2 amide bonds. The zero-order chi connectivity index (χ0) is 37.9. The van der Waals surface area contributed by atoms with Gasteiger partial charge in [-0.15, -0.1) is 0 Å². The number of hydrogen-bond donors (Lipinski definition) is 3. The average molecular weight is 773 g/mol. The van der Waals surface area contributed by atoms with E-state index in [0.29, 0.717) is 74.3 Å². The van der Waals surface area contributed by atoms with E-state index >= 15 is 0 Å². The molecular weight excluding hydrogens is 733 g/mol. The van der Waals surface area contributed by atoms with Crippen LogP contribution in [0.15, 0.2) is 65.6 Å². The van der Waals surface area contributed by atoms with Crippen LogP contribution in [0.1, 0.15) is 37.1 Å². The molecule has 0 bridgehead atoms. The standard InChI is InChI=1S/C39H39Cl2N7O6/c1-45-32(19-46-20-39(21-46)14-25(49)15-39)44-48-17-23(13-31(48)37(45)51)26-5-3-6-27(34(26)40)28-7-4-8-29(35(28)41)30-11-9-22(36(43-30)54-2)16-47(38(52)53)18-24-10-12-33(50)42-24/h3-9,11,13,17,24-25,49H,10,12,14-16,18-21H2,1-2H3,(H,42,50)(H,52,53)/t24-/m0/s1. The van der Waals surface area contributed by atoms with Gasteiger partial charge in [-0.1, -0.05) is 59.6 Å². The number of aromatic nitrogens is 4. The molecule has 280 valence electrons. The molecule has 5 heterocycles. The molecule has 54 heavy (non-hydrogen) atoms. The lowest BCUT2D eigenvalue weighted by molar-refractivity contribution is -0.131. The zero-order valence-corrected chi connectivity index (χ0v) is 31.3. The van der Waals surface area contributed by atoms with Crippen molar-refractivity contribution in [2.24, 2.45) is 12.5 Å². The van der Waals surface area contributed by atoms with Crippen molar-refractivity contribution in [3.63, 3.8) is 0 Å². The molecule has 3 aromatic heterocycles. The number of nitrogens with one attached hydrogen (secondary N) is 1. The van der Waals surface area contributed by atoms with Gasteiger partial charge in [0.25, 0.3) is 5.56 Å². The number of aliphatic hydroxyl groups is 1. The van der Waals surface area contributed by atoms with E-state index in [2.05, 4.69) is 10.2 Å². The van der Waals surface area contributed by atoms with Crippen LogP contribution in [-0.2, 0) is 24.9 Å². The Morgan fingerprint density at radius 2 is 1.72 bits per heavy atom. The maximum Gasteiger partial charge on any atom is 0.407 e. The third-order valence-corrected chi connectivity index (χ3v) is 11.7. The van der Waals surface area contributed by atoms with E-state index in [-0.39, 0.29) is 48.0 Å².